The Morgan fingerprint density at radius 2 is 2.06 bits per heavy atom. The zero-order chi connectivity index (χ0) is 12.2. The molecule has 1 heterocycles. The molecule has 0 saturated carbocycles. The normalized spacial score (nSPS) is 14.4. The van der Waals surface area contributed by atoms with Crippen LogP contribution in [0.1, 0.15) is 44.5 Å². The van der Waals surface area contributed by atoms with E-state index in [0.717, 1.165) is 19.4 Å². The molecule has 0 amide bonds. The Hall–Kier alpha value is -0.380. The van der Waals surface area contributed by atoms with E-state index in [2.05, 4.69) is 36.4 Å². The maximum absolute atomic E-state index is 10.3. The fourth-order valence-electron chi connectivity index (χ4n) is 1.82. The zero-order valence-electron chi connectivity index (χ0n) is 10.7. The van der Waals surface area contributed by atoms with Crippen molar-refractivity contribution in [3.05, 3.63) is 22.4 Å². The minimum atomic E-state index is -0.541. The Morgan fingerprint density at radius 3 is 2.50 bits per heavy atom. The van der Waals surface area contributed by atoms with Crippen LogP contribution in [0.2, 0.25) is 0 Å². The highest BCUT2D eigenvalue weighted by Crippen LogP contribution is 2.26. The van der Waals surface area contributed by atoms with Gasteiger partial charge in [-0.05, 0) is 38.3 Å². The first-order valence-corrected chi connectivity index (χ1v) is 6.86. The molecule has 92 valence electrons. The van der Waals surface area contributed by atoms with Crippen LogP contribution in [0, 0.1) is 0 Å². The number of thiophene rings is 1. The van der Waals surface area contributed by atoms with E-state index in [-0.39, 0.29) is 0 Å². The van der Waals surface area contributed by atoms with Crippen LogP contribution < -0.4 is 0 Å². The van der Waals surface area contributed by atoms with Crippen molar-refractivity contribution in [3.63, 3.8) is 0 Å². The highest BCUT2D eigenvalue weighted by molar-refractivity contribution is 7.10. The third kappa shape index (κ3) is 3.30. The summed E-state index contributed by atoms with van der Waals surface area (Å²) in [6.07, 6.45) is 1.62. The summed E-state index contributed by atoms with van der Waals surface area (Å²) in [6, 6.07) is 4.61. The predicted octanol–water partition coefficient (Wildman–Crippen LogP) is 3.29. The number of likely N-dealkylation sites (N-methyl/N-ethyl adjacent to an activating group) is 1. The van der Waals surface area contributed by atoms with Crippen molar-refractivity contribution in [2.24, 2.45) is 0 Å². The molecule has 0 fully saturated rings. The van der Waals surface area contributed by atoms with Gasteiger partial charge in [-0.1, -0.05) is 19.9 Å². The molecule has 0 aromatic carbocycles. The molecule has 1 rings (SSSR count). The van der Waals surface area contributed by atoms with E-state index >= 15 is 0 Å². The zero-order valence-corrected chi connectivity index (χ0v) is 11.5. The van der Waals surface area contributed by atoms with Crippen LogP contribution in [0.5, 0.6) is 0 Å². The summed E-state index contributed by atoms with van der Waals surface area (Å²) in [4.78, 5) is 3.59. The second-order valence-corrected chi connectivity index (χ2v) is 5.52. The third-order valence-corrected chi connectivity index (χ3v) is 4.52. The lowest BCUT2D eigenvalue weighted by atomic mass is 9.96. The summed E-state index contributed by atoms with van der Waals surface area (Å²) in [5.41, 5.74) is -0.541. The van der Waals surface area contributed by atoms with E-state index in [0.29, 0.717) is 6.04 Å². The average Bonchev–Trinajstić information content (AvgIpc) is 2.81. The van der Waals surface area contributed by atoms with E-state index < -0.39 is 5.60 Å². The number of hydrogen-bond acceptors (Lipinski definition) is 3. The second-order valence-electron chi connectivity index (χ2n) is 4.54. The van der Waals surface area contributed by atoms with Crippen LogP contribution in [-0.4, -0.2) is 29.2 Å². The van der Waals surface area contributed by atoms with Crippen LogP contribution in [-0.2, 0) is 0 Å². The molecule has 16 heavy (non-hydrogen) atoms. The van der Waals surface area contributed by atoms with Gasteiger partial charge in [-0.25, -0.2) is 0 Å². The van der Waals surface area contributed by atoms with Crippen LogP contribution in [0.3, 0.4) is 0 Å². The Morgan fingerprint density at radius 1 is 1.44 bits per heavy atom. The Bertz CT molecular complexity index is 293. The molecule has 2 nitrogen and oxygen atoms in total. The minimum Gasteiger partial charge on any atom is -0.389 e. The average molecular weight is 241 g/mol. The molecule has 0 radical (unpaired) electrons. The van der Waals surface area contributed by atoms with Gasteiger partial charge in [0.15, 0.2) is 0 Å². The molecule has 0 bridgehead atoms. The van der Waals surface area contributed by atoms with E-state index in [1.165, 1.54) is 4.88 Å². The molecule has 1 aromatic rings. The second kappa shape index (κ2) is 5.80. The summed E-state index contributed by atoms with van der Waals surface area (Å²) in [5.74, 6) is 0. The Balaban J connectivity index is 2.61. The molecule has 3 heteroatoms. The Labute approximate surface area is 103 Å². The maximum Gasteiger partial charge on any atom is 0.0769 e. The lowest BCUT2D eigenvalue weighted by Crippen LogP contribution is -2.41. The number of aliphatic hydroxyl groups is 1. The van der Waals surface area contributed by atoms with Crippen molar-refractivity contribution in [3.8, 4) is 0 Å². The third-order valence-electron chi connectivity index (χ3n) is 3.48. The molecule has 1 atom stereocenters. The highest BCUT2D eigenvalue weighted by Gasteiger charge is 2.26. The van der Waals surface area contributed by atoms with Gasteiger partial charge in [0, 0.05) is 17.5 Å². The van der Waals surface area contributed by atoms with Gasteiger partial charge in [-0.15, -0.1) is 11.3 Å². The Kier molecular flexibility index (Phi) is 4.96. The van der Waals surface area contributed by atoms with Crippen molar-refractivity contribution in [2.75, 3.05) is 13.6 Å². The summed E-state index contributed by atoms with van der Waals surface area (Å²) in [6.45, 7) is 7.02. The van der Waals surface area contributed by atoms with Gasteiger partial charge in [-0.3, -0.25) is 4.90 Å². The van der Waals surface area contributed by atoms with E-state index in [1.807, 2.05) is 13.8 Å². The van der Waals surface area contributed by atoms with Gasteiger partial charge < -0.3 is 5.11 Å². The first-order valence-electron chi connectivity index (χ1n) is 5.98. The molecule has 0 saturated heterocycles. The molecule has 1 N–H and O–H groups in total. The number of nitrogens with zero attached hydrogens (tertiary/aromatic N) is 1. The van der Waals surface area contributed by atoms with Crippen LogP contribution in [0.4, 0.5) is 0 Å². The minimum absolute atomic E-state index is 0.379. The van der Waals surface area contributed by atoms with Crippen LogP contribution >= 0.6 is 11.3 Å². The summed E-state index contributed by atoms with van der Waals surface area (Å²) >= 11 is 1.78. The summed E-state index contributed by atoms with van der Waals surface area (Å²) < 4.78 is 0. The SMILES string of the molecule is CCC(O)(CC)CN(C)C(C)c1cccs1. The molecule has 0 aliphatic rings. The van der Waals surface area contributed by atoms with Crippen molar-refractivity contribution in [1.29, 1.82) is 0 Å². The number of rotatable bonds is 6. The van der Waals surface area contributed by atoms with Gasteiger partial charge in [0.1, 0.15) is 0 Å². The van der Waals surface area contributed by atoms with Crippen LogP contribution in [0.25, 0.3) is 0 Å². The lowest BCUT2D eigenvalue weighted by Gasteiger charge is -2.33. The van der Waals surface area contributed by atoms with E-state index in [9.17, 15) is 5.11 Å². The highest BCUT2D eigenvalue weighted by atomic mass is 32.1. The molecular weight excluding hydrogens is 218 g/mol. The predicted molar refractivity (Wildman–Crippen MR) is 70.9 cm³/mol. The summed E-state index contributed by atoms with van der Waals surface area (Å²) in [7, 11) is 2.08. The molecule has 0 aliphatic carbocycles. The first kappa shape index (κ1) is 13.7. The molecule has 1 unspecified atom stereocenters. The molecular formula is C13H23NOS. The van der Waals surface area contributed by atoms with Gasteiger partial charge in [0.25, 0.3) is 0 Å². The molecule has 0 aliphatic heterocycles. The fourth-order valence-corrected chi connectivity index (χ4v) is 2.67. The van der Waals surface area contributed by atoms with Gasteiger partial charge in [-0.2, -0.15) is 0 Å². The van der Waals surface area contributed by atoms with Crippen LogP contribution in [0.15, 0.2) is 17.5 Å². The van der Waals surface area contributed by atoms with Gasteiger partial charge >= 0.3 is 0 Å². The van der Waals surface area contributed by atoms with E-state index in [4.69, 9.17) is 0 Å². The smallest absolute Gasteiger partial charge is 0.0769 e. The van der Waals surface area contributed by atoms with Crippen molar-refractivity contribution < 1.29 is 5.11 Å². The first-order chi connectivity index (χ1) is 7.52. The van der Waals surface area contributed by atoms with Crippen molar-refractivity contribution >= 4 is 11.3 Å². The molecule has 1 aromatic heterocycles. The fraction of sp³-hybridized carbons (Fsp3) is 0.692. The topological polar surface area (TPSA) is 23.5 Å². The van der Waals surface area contributed by atoms with Gasteiger partial charge in [0.05, 0.1) is 5.60 Å². The number of hydrogen-bond donors (Lipinski definition) is 1. The summed E-state index contributed by atoms with van der Waals surface area (Å²) in [5, 5.41) is 12.4. The molecule has 0 spiro atoms. The largest absolute Gasteiger partial charge is 0.389 e. The standard InChI is InChI=1S/C13H23NOS/c1-5-13(15,6-2)10-14(4)11(3)12-8-7-9-16-12/h7-9,11,15H,5-6,10H2,1-4H3. The lowest BCUT2D eigenvalue weighted by molar-refractivity contribution is -0.00527. The quantitative estimate of drug-likeness (QED) is 0.826. The van der Waals surface area contributed by atoms with E-state index in [1.54, 1.807) is 11.3 Å². The van der Waals surface area contributed by atoms with Gasteiger partial charge in [0.2, 0.25) is 0 Å². The maximum atomic E-state index is 10.3. The van der Waals surface area contributed by atoms with Crippen molar-refractivity contribution in [2.45, 2.75) is 45.3 Å². The van der Waals surface area contributed by atoms with Crippen molar-refractivity contribution in [1.82, 2.24) is 4.90 Å². The monoisotopic (exact) mass is 241 g/mol.